The van der Waals surface area contributed by atoms with Gasteiger partial charge in [0.05, 0.1) is 29.9 Å². The van der Waals surface area contributed by atoms with Crippen LogP contribution in [0, 0.1) is 11.3 Å². The molecule has 1 aliphatic rings. The van der Waals surface area contributed by atoms with E-state index in [1.54, 1.807) is 38.1 Å². The van der Waals surface area contributed by atoms with Gasteiger partial charge in [-0.1, -0.05) is 12.1 Å². The van der Waals surface area contributed by atoms with Crippen LogP contribution < -0.4 is 5.32 Å². The van der Waals surface area contributed by atoms with Crippen LogP contribution >= 0.6 is 0 Å². The van der Waals surface area contributed by atoms with Crippen LogP contribution in [-0.2, 0) is 14.3 Å². The number of urea groups is 1. The van der Waals surface area contributed by atoms with Crippen molar-refractivity contribution in [2.45, 2.75) is 32.7 Å². The highest BCUT2D eigenvalue weighted by atomic mass is 16.5. The standard InChI is InChI=1S/C19H21N3O5/c1-3-27-18(25)16-12(2)22(10-4-5-15(23)24)19(26)21-17(16)14-8-6-13(11-20)7-9-14/h6-9,17H,3-5,10H2,1-2H3,(H,21,26)(H,23,24). The first-order valence-electron chi connectivity index (χ1n) is 8.56. The number of nitrogens with zero attached hydrogens (tertiary/aromatic N) is 2. The summed E-state index contributed by atoms with van der Waals surface area (Å²) in [4.78, 5) is 37.2. The Morgan fingerprint density at radius 3 is 2.56 bits per heavy atom. The molecule has 1 heterocycles. The lowest BCUT2D eigenvalue weighted by atomic mass is 9.94. The molecule has 8 nitrogen and oxygen atoms in total. The summed E-state index contributed by atoms with van der Waals surface area (Å²) in [6.07, 6.45) is 0.183. The second kappa shape index (κ2) is 8.85. The largest absolute Gasteiger partial charge is 0.481 e. The molecule has 0 saturated heterocycles. The molecule has 0 aliphatic carbocycles. The van der Waals surface area contributed by atoms with Crippen LogP contribution in [-0.4, -0.2) is 41.1 Å². The lowest BCUT2D eigenvalue weighted by Crippen LogP contribution is -2.48. The summed E-state index contributed by atoms with van der Waals surface area (Å²) < 4.78 is 5.15. The van der Waals surface area contributed by atoms with Crippen molar-refractivity contribution in [1.82, 2.24) is 10.2 Å². The van der Waals surface area contributed by atoms with Crippen LogP contribution in [0.3, 0.4) is 0 Å². The van der Waals surface area contributed by atoms with E-state index in [4.69, 9.17) is 15.1 Å². The predicted molar refractivity (Wildman–Crippen MR) is 95.3 cm³/mol. The van der Waals surface area contributed by atoms with Crippen molar-refractivity contribution < 1.29 is 24.2 Å². The summed E-state index contributed by atoms with van der Waals surface area (Å²) in [5.74, 6) is -1.50. The smallest absolute Gasteiger partial charge is 0.338 e. The number of esters is 1. The second-order valence-electron chi connectivity index (χ2n) is 5.98. The van der Waals surface area contributed by atoms with Crippen molar-refractivity contribution in [2.75, 3.05) is 13.2 Å². The first-order chi connectivity index (χ1) is 12.9. The molecule has 2 N–H and O–H groups in total. The average Bonchev–Trinajstić information content (AvgIpc) is 2.64. The Morgan fingerprint density at radius 2 is 2.00 bits per heavy atom. The van der Waals surface area contributed by atoms with Crippen molar-refractivity contribution in [1.29, 1.82) is 5.26 Å². The summed E-state index contributed by atoms with van der Waals surface area (Å²) in [6, 6.07) is 7.47. The molecule has 1 aromatic rings. The summed E-state index contributed by atoms with van der Waals surface area (Å²) in [5, 5.41) is 20.5. The number of carboxylic acids is 1. The molecule has 1 unspecified atom stereocenters. The Hall–Kier alpha value is -3.34. The molecule has 27 heavy (non-hydrogen) atoms. The lowest BCUT2D eigenvalue weighted by molar-refractivity contribution is -0.139. The number of carbonyl (C=O) groups is 3. The highest BCUT2D eigenvalue weighted by Crippen LogP contribution is 2.31. The number of carbonyl (C=O) groups excluding carboxylic acids is 2. The minimum absolute atomic E-state index is 0.0785. The Balaban J connectivity index is 2.39. The number of nitriles is 1. The molecule has 0 saturated carbocycles. The summed E-state index contributed by atoms with van der Waals surface area (Å²) in [7, 11) is 0. The van der Waals surface area contributed by atoms with Crippen molar-refractivity contribution >= 4 is 18.0 Å². The van der Waals surface area contributed by atoms with Gasteiger partial charge in [-0.25, -0.2) is 9.59 Å². The van der Waals surface area contributed by atoms with Gasteiger partial charge in [-0.05, 0) is 38.0 Å². The third-order valence-corrected chi connectivity index (χ3v) is 4.24. The van der Waals surface area contributed by atoms with E-state index in [0.29, 0.717) is 16.8 Å². The van der Waals surface area contributed by atoms with E-state index in [1.807, 2.05) is 6.07 Å². The SMILES string of the molecule is CCOC(=O)C1=C(C)N(CCCC(=O)O)C(=O)NC1c1ccc(C#N)cc1. The zero-order chi connectivity index (χ0) is 20.0. The highest BCUT2D eigenvalue weighted by Gasteiger charge is 2.36. The number of nitrogens with one attached hydrogen (secondary N) is 1. The molecule has 0 fully saturated rings. The minimum atomic E-state index is -0.949. The van der Waals surface area contributed by atoms with E-state index >= 15 is 0 Å². The molecule has 0 bridgehead atoms. The van der Waals surface area contributed by atoms with Gasteiger partial charge in [-0.2, -0.15) is 5.26 Å². The van der Waals surface area contributed by atoms with Crippen LogP contribution in [0.25, 0.3) is 0 Å². The van der Waals surface area contributed by atoms with Crippen molar-refractivity contribution in [3.8, 4) is 6.07 Å². The third-order valence-electron chi connectivity index (χ3n) is 4.24. The fourth-order valence-electron chi connectivity index (χ4n) is 2.91. The van der Waals surface area contributed by atoms with E-state index in [2.05, 4.69) is 5.32 Å². The maximum absolute atomic E-state index is 12.5. The van der Waals surface area contributed by atoms with Gasteiger partial charge in [0.2, 0.25) is 0 Å². The molecule has 1 atom stereocenters. The Kier molecular flexibility index (Phi) is 6.55. The van der Waals surface area contributed by atoms with Gasteiger partial charge in [0.25, 0.3) is 0 Å². The van der Waals surface area contributed by atoms with E-state index < -0.39 is 24.0 Å². The zero-order valence-corrected chi connectivity index (χ0v) is 15.2. The third kappa shape index (κ3) is 4.64. The molecule has 8 heteroatoms. The number of rotatable bonds is 7. The van der Waals surface area contributed by atoms with Gasteiger partial charge < -0.3 is 15.2 Å². The summed E-state index contributed by atoms with van der Waals surface area (Å²) >= 11 is 0. The average molecular weight is 371 g/mol. The van der Waals surface area contributed by atoms with Crippen LogP contribution in [0.1, 0.15) is 43.9 Å². The fourth-order valence-corrected chi connectivity index (χ4v) is 2.91. The van der Waals surface area contributed by atoms with Crippen molar-refractivity contribution in [3.05, 3.63) is 46.7 Å². The Bertz CT molecular complexity index is 808. The fraction of sp³-hybridized carbons (Fsp3) is 0.368. The first-order valence-corrected chi connectivity index (χ1v) is 8.56. The van der Waals surface area contributed by atoms with E-state index in [0.717, 1.165) is 0 Å². The number of hydrogen-bond donors (Lipinski definition) is 2. The number of aliphatic carboxylic acids is 1. The van der Waals surface area contributed by atoms with Crippen LogP contribution in [0.15, 0.2) is 35.5 Å². The molecule has 1 aliphatic heterocycles. The van der Waals surface area contributed by atoms with Crippen LogP contribution in [0.4, 0.5) is 4.79 Å². The molecule has 2 amide bonds. The molecular formula is C19H21N3O5. The number of carboxylic acid groups (broad SMARTS) is 1. The summed E-state index contributed by atoms with van der Waals surface area (Å²) in [6.45, 7) is 3.69. The summed E-state index contributed by atoms with van der Waals surface area (Å²) in [5.41, 5.74) is 1.83. The first kappa shape index (κ1) is 20.0. The normalized spacial score (nSPS) is 16.6. The van der Waals surface area contributed by atoms with Crippen LogP contribution in [0.5, 0.6) is 0 Å². The quantitative estimate of drug-likeness (QED) is 0.710. The molecule has 0 radical (unpaired) electrons. The monoisotopic (exact) mass is 371 g/mol. The van der Waals surface area contributed by atoms with Crippen LogP contribution in [0.2, 0.25) is 0 Å². The van der Waals surface area contributed by atoms with Gasteiger partial charge >= 0.3 is 18.0 Å². The van der Waals surface area contributed by atoms with Gasteiger partial charge in [0.1, 0.15) is 0 Å². The van der Waals surface area contributed by atoms with Gasteiger partial charge in [-0.15, -0.1) is 0 Å². The topological polar surface area (TPSA) is 120 Å². The Labute approximate surface area is 157 Å². The number of ether oxygens (including phenoxy) is 1. The maximum Gasteiger partial charge on any atom is 0.338 e. The number of benzene rings is 1. The highest BCUT2D eigenvalue weighted by molar-refractivity contribution is 5.95. The van der Waals surface area contributed by atoms with Crippen molar-refractivity contribution in [2.24, 2.45) is 0 Å². The molecule has 1 aromatic carbocycles. The lowest BCUT2D eigenvalue weighted by Gasteiger charge is -2.35. The minimum Gasteiger partial charge on any atom is -0.481 e. The maximum atomic E-state index is 12.5. The van der Waals surface area contributed by atoms with E-state index in [-0.39, 0.29) is 31.6 Å². The molecule has 0 aromatic heterocycles. The molecular weight excluding hydrogens is 350 g/mol. The van der Waals surface area contributed by atoms with E-state index in [9.17, 15) is 14.4 Å². The number of hydrogen-bond acceptors (Lipinski definition) is 5. The Morgan fingerprint density at radius 1 is 1.33 bits per heavy atom. The number of allylic oxidation sites excluding steroid dienone is 1. The van der Waals surface area contributed by atoms with Gasteiger partial charge in [-0.3, -0.25) is 9.69 Å². The van der Waals surface area contributed by atoms with E-state index in [1.165, 1.54) is 4.90 Å². The molecule has 2 rings (SSSR count). The molecule has 142 valence electrons. The zero-order valence-electron chi connectivity index (χ0n) is 15.2. The van der Waals surface area contributed by atoms with Gasteiger partial charge in [0, 0.05) is 18.7 Å². The van der Waals surface area contributed by atoms with Gasteiger partial charge in [0.15, 0.2) is 0 Å². The van der Waals surface area contributed by atoms with Crippen molar-refractivity contribution in [3.63, 3.8) is 0 Å². The number of amides is 2. The molecule has 0 spiro atoms. The predicted octanol–water partition coefficient (Wildman–Crippen LogP) is 2.33. The second-order valence-corrected chi connectivity index (χ2v) is 5.98.